The summed E-state index contributed by atoms with van der Waals surface area (Å²) in [6.45, 7) is 0.661. The molecule has 1 aromatic heterocycles. The summed E-state index contributed by atoms with van der Waals surface area (Å²) in [7, 11) is 3.10. The van der Waals surface area contributed by atoms with E-state index in [0.717, 1.165) is 32.5 Å². The first kappa shape index (κ1) is 23.7. The van der Waals surface area contributed by atoms with Gasteiger partial charge in [-0.2, -0.15) is 0 Å². The standard InChI is InChI=1S/C26H27FN4O5/c1-35-22-10-16-9-21-25(33)30(26(34)31(21)14-17(16)11-23(22)36-2)8-6-24(32)28-7-5-15-13-29-20-4-3-18(27)12-19(15)20/h3-4,10-13,21,29H,5-9,14H2,1-2H3,(H,28,32)/t21-/m0/s1. The number of methoxy groups -OCH3 is 2. The second-order valence-corrected chi connectivity index (χ2v) is 8.95. The number of nitrogens with one attached hydrogen (secondary N) is 2. The number of amides is 4. The van der Waals surface area contributed by atoms with E-state index in [0.29, 0.717) is 37.4 Å². The van der Waals surface area contributed by atoms with Crippen LogP contribution in [0.4, 0.5) is 9.18 Å². The van der Waals surface area contributed by atoms with Crippen molar-refractivity contribution < 1.29 is 28.2 Å². The molecule has 3 aromatic rings. The molecular weight excluding hydrogens is 467 g/mol. The van der Waals surface area contributed by atoms with E-state index in [4.69, 9.17) is 9.47 Å². The van der Waals surface area contributed by atoms with Gasteiger partial charge in [0.2, 0.25) is 5.91 Å². The third-order valence-corrected chi connectivity index (χ3v) is 6.87. The van der Waals surface area contributed by atoms with Crippen molar-refractivity contribution in [2.24, 2.45) is 0 Å². The van der Waals surface area contributed by atoms with E-state index < -0.39 is 6.04 Å². The van der Waals surface area contributed by atoms with Crippen molar-refractivity contribution in [1.82, 2.24) is 20.1 Å². The number of hydrogen-bond donors (Lipinski definition) is 2. The number of imide groups is 1. The molecule has 0 saturated carbocycles. The summed E-state index contributed by atoms with van der Waals surface area (Å²) < 4.78 is 24.3. The van der Waals surface area contributed by atoms with Crippen molar-refractivity contribution in [3.05, 3.63) is 59.0 Å². The Morgan fingerprint density at radius 2 is 1.89 bits per heavy atom. The van der Waals surface area contributed by atoms with E-state index in [1.54, 1.807) is 31.4 Å². The number of benzene rings is 2. The molecule has 2 aliphatic heterocycles. The highest BCUT2D eigenvalue weighted by atomic mass is 19.1. The number of ether oxygens (including phenoxy) is 2. The predicted octanol–water partition coefficient (Wildman–Crippen LogP) is 2.76. The maximum atomic E-state index is 13.6. The van der Waals surface area contributed by atoms with Crippen LogP contribution in [-0.4, -0.2) is 66.0 Å². The van der Waals surface area contributed by atoms with Crippen LogP contribution in [0.1, 0.15) is 23.1 Å². The van der Waals surface area contributed by atoms with Gasteiger partial charge >= 0.3 is 6.03 Å². The number of fused-ring (bicyclic) bond motifs is 3. The Balaban J connectivity index is 1.17. The number of rotatable bonds is 8. The first-order valence-electron chi connectivity index (χ1n) is 11.8. The summed E-state index contributed by atoms with van der Waals surface area (Å²) in [6, 6.07) is 7.24. The number of hydrogen-bond acceptors (Lipinski definition) is 5. The number of aromatic amines is 1. The lowest BCUT2D eigenvalue weighted by molar-refractivity contribution is -0.129. The number of H-pyrrole nitrogens is 1. The van der Waals surface area contributed by atoms with Crippen molar-refractivity contribution >= 4 is 28.7 Å². The van der Waals surface area contributed by atoms with Crippen LogP contribution in [0, 0.1) is 5.82 Å². The van der Waals surface area contributed by atoms with Gasteiger partial charge in [-0.25, -0.2) is 9.18 Å². The molecule has 0 radical (unpaired) electrons. The van der Waals surface area contributed by atoms with Crippen molar-refractivity contribution in [2.75, 3.05) is 27.3 Å². The van der Waals surface area contributed by atoms with Crippen LogP contribution in [0.5, 0.6) is 11.5 Å². The van der Waals surface area contributed by atoms with Crippen LogP contribution in [0.3, 0.4) is 0 Å². The van der Waals surface area contributed by atoms with Crippen molar-refractivity contribution in [1.29, 1.82) is 0 Å². The molecule has 5 rings (SSSR count). The topological polar surface area (TPSA) is 104 Å². The Morgan fingerprint density at radius 1 is 1.14 bits per heavy atom. The third-order valence-electron chi connectivity index (χ3n) is 6.87. The van der Waals surface area contributed by atoms with E-state index in [1.165, 1.54) is 12.1 Å². The zero-order chi connectivity index (χ0) is 25.4. The molecule has 0 aliphatic carbocycles. The molecule has 0 spiro atoms. The molecule has 3 heterocycles. The molecule has 4 amide bonds. The Labute approximate surface area is 207 Å². The second kappa shape index (κ2) is 9.52. The van der Waals surface area contributed by atoms with Gasteiger partial charge in [0.05, 0.1) is 14.2 Å². The molecule has 188 valence electrons. The van der Waals surface area contributed by atoms with Gasteiger partial charge in [-0.15, -0.1) is 0 Å². The number of halogens is 1. The van der Waals surface area contributed by atoms with Gasteiger partial charge in [-0.3, -0.25) is 14.5 Å². The number of aromatic nitrogens is 1. The normalized spacial score (nSPS) is 16.8. The quantitative estimate of drug-likeness (QED) is 0.469. The zero-order valence-corrected chi connectivity index (χ0v) is 20.1. The molecule has 2 aliphatic rings. The fraction of sp³-hybridized carbons (Fsp3) is 0.346. The Hall–Kier alpha value is -4.08. The van der Waals surface area contributed by atoms with Crippen LogP contribution in [0.15, 0.2) is 36.5 Å². The van der Waals surface area contributed by atoms with E-state index in [9.17, 15) is 18.8 Å². The van der Waals surface area contributed by atoms with Crippen molar-refractivity contribution in [3.63, 3.8) is 0 Å². The van der Waals surface area contributed by atoms with Gasteiger partial charge in [0.25, 0.3) is 5.91 Å². The summed E-state index contributed by atoms with van der Waals surface area (Å²) in [5.41, 5.74) is 3.58. The summed E-state index contributed by atoms with van der Waals surface area (Å²) in [5.74, 6) is 0.273. The summed E-state index contributed by atoms with van der Waals surface area (Å²) in [4.78, 5) is 44.2. The first-order chi connectivity index (χ1) is 17.4. The van der Waals surface area contributed by atoms with Crippen LogP contribution in [0.2, 0.25) is 0 Å². The molecule has 10 heteroatoms. The number of nitrogens with zero attached hydrogens (tertiary/aromatic N) is 2. The monoisotopic (exact) mass is 494 g/mol. The molecule has 9 nitrogen and oxygen atoms in total. The van der Waals surface area contributed by atoms with Gasteiger partial charge in [0.1, 0.15) is 11.9 Å². The lowest BCUT2D eigenvalue weighted by atomic mass is 9.94. The van der Waals surface area contributed by atoms with Crippen molar-refractivity contribution in [2.45, 2.75) is 31.8 Å². The minimum atomic E-state index is -0.589. The molecular formula is C26H27FN4O5. The molecule has 2 N–H and O–H groups in total. The van der Waals surface area contributed by atoms with Gasteiger partial charge in [-0.1, -0.05) is 0 Å². The molecule has 0 unspecified atom stereocenters. The fourth-order valence-corrected chi connectivity index (χ4v) is 4.96. The van der Waals surface area contributed by atoms with E-state index >= 15 is 0 Å². The molecule has 2 aromatic carbocycles. The maximum Gasteiger partial charge on any atom is 0.327 e. The van der Waals surface area contributed by atoms with E-state index in [2.05, 4.69) is 10.3 Å². The van der Waals surface area contributed by atoms with Crippen LogP contribution in [0.25, 0.3) is 10.9 Å². The smallest absolute Gasteiger partial charge is 0.327 e. The number of carbonyl (C=O) groups excluding carboxylic acids is 3. The Bertz CT molecular complexity index is 1300. The lowest BCUT2D eigenvalue weighted by Gasteiger charge is -2.29. The molecule has 1 saturated heterocycles. The van der Waals surface area contributed by atoms with Crippen LogP contribution >= 0.6 is 0 Å². The minimum Gasteiger partial charge on any atom is -0.493 e. The van der Waals surface area contributed by atoms with E-state index in [-0.39, 0.29) is 36.6 Å². The molecule has 36 heavy (non-hydrogen) atoms. The van der Waals surface area contributed by atoms with Gasteiger partial charge in [0, 0.05) is 49.6 Å². The summed E-state index contributed by atoms with van der Waals surface area (Å²) >= 11 is 0. The largest absolute Gasteiger partial charge is 0.493 e. The summed E-state index contributed by atoms with van der Waals surface area (Å²) in [6.07, 6.45) is 2.72. The average molecular weight is 495 g/mol. The predicted molar refractivity (Wildman–Crippen MR) is 129 cm³/mol. The van der Waals surface area contributed by atoms with Gasteiger partial charge in [-0.05, 0) is 53.4 Å². The van der Waals surface area contributed by atoms with Crippen molar-refractivity contribution in [3.8, 4) is 11.5 Å². The second-order valence-electron chi connectivity index (χ2n) is 8.95. The Morgan fingerprint density at radius 3 is 2.64 bits per heavy atom. The number of carbonyl (C=O) groups is 3. The summed E-state index contributed by atoms with van der Waals surface area (Å²) in [5, 5.41) is 3.60. The Kier molecular flexibility index (Phi) is 6.26. The number of urea groups is 1. The highest BCUT2D eigenvalue weighted by Gasteiger charge is 2.47. The SMILES string of the molecule is COc1cc2c(cc1OC)CN1C(=O)N(CCC(=O)NCCc3c[nH]c4ccc(F)cc34)C(=O)[C@@H]1C2. The highest BCUT2D eigenvalue weighted by molar-refractivity contribution is 6.05. The highest BCUT2D eigenvalue weighted by Crippen LogP contribution is 2.37. The molecule has 1 atom stereocenters. The maximum absolute atomic E-state index is 13.6. The van der Waals surface area contributed by atoms with Crippen LogP contribution in [-0.2, 0) is 29.0 Å². The fourth-order valence-electron chi connectivity index (χ4n) is 4.96. The van der Waals surface area contributed by atoms with E-state index in [1.807, 2.05) is 12.1 Å². The third kappa shape index (κ3) is 4.23. The first-order valence-corrected chi connectivity index (χ1v) is 11.8. The molecule has 1 fully saturated rings. The minimum absolute atomic E-state index is 0.00907. The lowest BCUT2D eigenvalue weighted by Crippen LogP contribution is -2.40. The molecule has 0 bridgehead atoms. The average Bonchev–Trinajstić information content (AvgIpc) is 3.38. The zero-order valence-electron chi connectivity index (χ0n) is 20.1. The van der Waals surface area contributed by atoms with Crippen LogP contribution < -0.4 is 14.8 Å². The van der Waals surface area contributed by atoms with Gasteiger partial charge < -0.3 is 24.7 Å². The van der Waals surface area contributed by atoms with Gasteiger partial charge in [0.15, 0.2) is 11.5 Å².